The maximum atomic E-state index is 12.1. The van der Waals surface area contributed by atoms with Gasteiger partial charge in [-0.25, -0.2) is 0 Å². The Hall–Kier alpha value is -1.39. The van der Waals surface area contributed by atoms with Gasteiger partial charge in [-0.3, -0.25) is 4.79 Å². The van der Waals surface area contributed by atoms with E-state index in [9.17, 15) is 4.79 Å². The van der Waals surface area contributed by atoms with Crippen molar-refractivity contribution in [2.75, 3.05) is 26.8 Å². The fourth-order valence-corrected chi connectivity index (χ4v) is 1.67. The molecule has 0 spiro atoms. The number of likely N-dealkylation sites (N-methyl/N-ethyl adjacent to an activating group) is 1. The zero-order chi connectivity index (χ0) is 12.7. The zero-order valence-corrected chi connectivity index (χ0v) is 10.3. The second-order valence-corrected chi connectivity index (χ2v) is 3.74. The number of ether oxygens (including phenoxy) is 1. The van der Waals surface area contributed by atoms with Gasteiger partial charge in [0, 0.05) is 25.8 Å². The van der Waals surface area contributed by atoms with Gasteiger partial charge in [0.05, 0.1) is 13.2 Å². The Kier molecular flexibility index (Phi) is 5.66. The van der Waals surface area contributed by atoms with Crippen LogP contribution >= 0.6 is 0 Å². The Morgan fingerprint density at radius 1 is 1.47 bits per heavy atom. The highest BCUT2D eigenvalue weighted by Gasteiger charge is 2.13. The van der Waals surface area contributed by atoms with E-state index in [1.54, 1.807) is 18.1 Å². The third-order valence-electron chi connectivity index (χ3n) is 2.52. The smallest absolute Gasteiger partial charge is 0.253 e. The molecular weight excluding hydrogens is 218 g/mol. The summed E-state index contributed by atoms with van der Waals surface area (Å²) in [5.41, 5.74) is 1.60. The van der Waals surface area contributed by atoms with Gasteiger partial charge in [0.25, 0.3) is 5.91 Å². The Morgan fingerprint density at radius 2 is 2.24 bits per heavy atom. The molecule has 4 nitrogen and oxygen atoms in total. The van der Waals surface area contributed by atoms with Crippen molar-refractivity contribution in [3.8, 4) is 0 Å². The van der Waals surface area contributed by atoms with Gasteiger partial charge in [-0.2, -0.15) is 0 Å². The summed E-state index contributed by atoms with van der Waals surface area (Å²) in [6.45, 7) is 3.33. The summed E-state index contributed by atoms with van der Waals surface area (Å²) < 4.78 is 5.03. The van der Waals surface area contributed by atoms with Gasteiger partial charge < -0.3 is 14.7 Å². The van der Waals surface area contributed by atoms with Gasteiger partial charge in [-0.1, -0.05) is 12.1 Å². The Labute approximate surface area is 102 Å². The van der Waals surface area contributed by atoms with Gasteiger partial charge >= 0.3 is 0 Å². The molecular formula is C13H19NO3. The first-order chi connectivity index (χ1) is 8.22. The average molecular weight is 237 g/mol. The molecule has 1 N–H and O–H groups in total. The molecule has 0 aromatic heterocycles. The van der Waals surface area contributed by atoms with Crippen molar-refractivity contribution in [3.63, 3.8) is 0 Å². The molecule has 0 aliphatic carbocycles. The van der Waals surface area contributed by atoms with Crippen LogP contribution in [0.25, 0.3) is 0 Å². The van der Waals surface area contributed by atoms with Crippen LogP contribution in [0.15, 0.2) is 24.3 Å². The molecule has 0 saturated heterocycles. The molecule has 0 aliphatic heterocycles. The number of aliphatic hydroxyl groups excluding tert-OH is 1. The molecule has 0 aliphatic rings. The summed E-state index contributed by atoms with van der Waals surface area (Å²) in [5.74, 6) is -0.0560. The summed E-state index contributed by atoms with van der Waals surface area (Å²) >= 11 is 0. The van der Waals surface area contributed by atoms with Gasteiger partial charge in [0.15, 0.2) is 0 Å². The number of benzene rings is 1. The summed E-state index contributed by atoms with van der Waals surface area (Å²) in [5, 5.41) is 8.89. The van der Waals surface area contributed by atoms with E-state index in [4.69, 9.17) is 9.84 Å². The van der Waals surface area contributed by atoms with Crippen LogP contribution < -0.4 is 0 Å². The number of methoxy groups -OCH3 is 1. The van der Waals surface area contributed by atoms with E-state index in [0.717, 1.165) is 5.56 Å². The van der Waals surface area contributed by atoms with Gasteiger partial charge in [0.1, 0.15) is 0 Å². The van der Waals surface area contributed by atoms with Crippen LogP contribution in [0.4, 0.5) is 0 Å². The summed E-state index contributed by atoms with van der Waals surface area (Å²) in [4.78, 5) is 13.7. The minimum absolute atomic E-state index is 0.0165. The van der Waals surface area contributed by atoms with Crippen molar-refractivity contribution < 1.29 is 14.6 Å². The topological polar surface area (TPSA) is 49.8 Å². The SMILES string of the molecule is CCN(CCO)C(=O)c1cccc(COC)c1. The van der Waals surface area contributed by atoms with Crippen LogP contribution in [0.5, 0.6) is 0 Å². The third-order valence-corrected chi connectivity index (χ3v) is 2.52. The molecule has 94 valence electrons. The Morgan fingerprint density at radius 3 is 2.82 bits per heavy atom. The molecule has 0 unspecified atom stereocenters. The largest absolute Gasteiger partial charge is 0.395 e. The first-order valence-electron chi connectivity index (χ1n) is 5.71. The Balaban J connectivity index is 2.83. The van der Waals surface area contributed by atoms with E-state index in [1.807, 2.05) is 25.1 Å². The van der Waals surface area contributed by atoms with E-state index >= 15 is 0 Å². The molecule has 0 bridgehead atoms. The maximum Gasteiger partial charge on any atom is 0.253 e. The highest BCUT2D eigenvalue weighted by Crippen LogP contribution is 2.09. The van der Waals surface area contributed by atoms with Gasteiger partial charge in [-0.05, 0) is 24.6 Å². The van der Waals surface area contributed by atoms with E-state index in [0.29, 0.717) is 25.3 Å². The average Bonchev–Trinajstić information content (AvgIpc) is 2.36. The summed E-state index contributed by atoms with van der Waals surface area (Å²) in [6.07, 6.45) is 0. The van der Waals surface area contributed by atoms with Crippen molar-refractivity contribution in [1.82, 2.24) is 4.90 Å². The maximum absolute atomic E-state index is 12.1. The summed E-state index contributed by atoms with van der Waals surface area (Å²) in [7, 11) is 1.62. The number of amides is 1. The van der Waals surface area contributed by atoms with Crippen LogP contribution in [0.2, 0.25) is 0 Å². The van der Waals surface area contributed by atoms with Crippen molar-refractivity contribution in [2.24, 2.45) is 0 Å². The lowest BCUT2D eigenvalue weighted by Gasteiger charge is -2.19. The number of hydrogen-bond acceptors (Lipinski definition) is 3. The minimum atomic E-state index is -0.0560. The third kappa shape index (κ3) is 3.84. The second-order valence-electron chi connectivity index (χ2n) is 3.74. The number of aliphatic hydroxyl groups is 1. The van der Waals surface area contributed by atoms with Crippen molar-refractivity contribution in [3.05, 3.63) is 35.4 Å². The van der Waals surface area contributed by atoms with Crippen molar-refractivity contribution in [2.45, 2.75) is 13.5 Å². The highest BCUT2D eigenvalue weighted by molar-refractivity contribution is 5.94. The monoisotopic (exact) mass is 237 g/mol. The lowest BCUT2D eigenvalue weighted by molar-refractivity contribution is 0.0731. The van der Waals surface area contributed by atoms with E-state index in [2.05, 4.69) is 0 Å². The van der Waals surface area contributed by atoms with Crippen LogP contribution in [0, 0.1) is 0 Å². The van der Waals surface area contributed by atoms with E-state index in [1.165, 1.54) is 0 Å². The van der Waals surface area contributed by atoms with Crippen LogP contribution in [0.1, 0.15) is 22.8 Å². The molecule has 0 heterocycles. The lowest BCUT2D eigenvalue weighted by Crippen LogP contribution is -2.33. The first-order valence-corrected chi connectivity index (χ1v) is 5.71. The molecule has 1 aromatic rings. The predicted molar refractivity (Wildman–Crippen MR) is 65.8 cm³/mol. The van der Waals surface area contributed by atoms with Crippen molar-refractivity contribution in [1.29, 1.82) is 0 Å². The molecule has 0 saturated carbocycles. The molecule has 0 radical (unpaired) electrons. The van der Waals surface area contributed by atoms with E-state index < -0.39 is 0 Å². The van der Waals surface area contributed by atoms with Crippen molar-refractivity contribution >= 4 is 5.91 Å². The summed E-state index contributed by atoms with van der Waals surface area (Å²) in [6, 6.07) is 7.37. The van der Waals surface area contributed by atoms with E-state index in [-0.39, 0.29) is 12.5 Å². The number of carbonyl (C=O) groups is 1. The van der Waals surface area contributed by atoms with Gasteiger partial charge in [-0.15, -0.1) is 0 Å². The van der Waals surface area contributed by atoms with Crippen LogP contribution in [-0.4, -0.2) is 42.7 Å². The zero-order valence-electron chi connectivity index (χ0n) is 10.3. The lowest BCUT2D eigenvalue weighted by atomic mass is 10.1. The number of hydrogen-bond donors (Lipinski definition) is 1. The second kappa shape index (κ2) is 7.04. The normalized spacial score (nSPS) is 10.3. The predicted octanol–water partition coefficient (Wildman–Crippen LogP) is 1.29. The fraction of sp³-hybridized carbons (Fsp3) is 0.462. The molecule has 1 aromatic carbocycles. The fourth-order valence-electron chi connectivity index (χ4n) is 1.67. The van der Waals surface area contributed by atoms with Crippen LogP contribution in [-0.2, 0) is 11.3 Å². The standard InChI is InChI=1S/C13H19NO3/c1-3-14(7-8-15)13(16)12-6-4-5-11(9-12)10-17-2/h4-6,9,15H,3,7-8,10H2,1-2H3. The molecule has 17 heavy (non-hydrogen) atoms. The highest BCUT2D eigenvalue weighted by atomic mass is 16.5. The van der Waals surface area contributed by atoms with Gasteiger partial charge in [0.2, 0.25) is 0 Å². The number of nitrogens with zero attached hydrogens (tertiary/aromatic N) is 1. The molecule has 1 amide bonds. The minimum Gasteiger partial charge on any atom is -0.395 e. The first kappa shape index (κ1) is 13.7. The Bertz CT molecular complexity index is 365. The molecule has 0 fully saturated rings. The number of rotatable bonds is 6. The number of carbonyl (C=O) groups excluding carboxylic acids is 1. The molecule has 1 rings (SSSR count). The molecule has 0 atom stereocenters. The quantitative estimate of drug-likeness (QED) is 0.811. The van der Waals surface area contributed by atoms with Crippen LogP contribution in [0.3, 0.4) is 0 Å². The molecule has 4 heteroatoms.